The molecule has 1 aromatic rings. The van der Waals surface area contributed by atoms with Crippen LogP contribution in [0.4, 0.5) is 0 Å². The smallest absolute Gasteiger partial charge is 0.266 e. The third-order valence-electron chi connectivity index (χ3n) is 3.64. The molecular formula is C12H21N3O. The predicted octanol–water partition coefficient (Wildman–Crippen LogP) is 0.798. The summed E-state index contributed by atoms with van der Waals surface area (Å²) in [7, 11) is 3.76. The van der Waals surface area contributed by atoms with Gasteiger partial charge in [0.2, 0.25) is 0 Å². The van der Waals surface area contributed by atoms with Crippen molar-refractivity contribution in [2.45, 2.75) is 38.1 Å². The summed E-state index contributed by atoms with van der Waals surface area (Å²) >= 11 is 0. The Morgan fingerprint density at radius 3 is 2.75 bits per heavy atom. The molecular weight excluding hydrogens is 202 g/mol. The van der Waals surface area contributed by atoms with E-state index in [0.717, 1.165) is 25.1 Å². The minimum Gasteiger partial charge on any atom is -0.314 e. The Bertz CT molecular complexity index is 399. The Hall–Kier alpha value is -1.03. The van der Waals surface area contributed by atoms with Gasteiger partial charge in [0, 0.05) is 31.9 Å². The van der Waals surface area contributed by atoms with E-state index in [0.29, 0.717) is 6.04 Å². The number of rotatable bonds is 3. The van der Waals surface area contributed by atoms with Crippen LogP contribution in [-0.2, 0) is 20.5 Å². The number of aromatic nitrogens is 2. The molecule has 0 bridgehead atoms. The van der Waals surface area contributed by atoms with Gasteiger partial charge in [-0.3, -0.25) is 14.2 Å². The minimum atomic E-state index is 0.0918. The summed E-state index contributed by atoms with van der Waals surface area (Å²) < 4.78 is 3.61. The van der Waals surface area contributed by atoms with Crippen molar-refractivity contribution in [3.63, 3.8) is 0 Å². The first kappa shape index (κ1) is 11.5. The van der Waals surface area contributed by atoms with Crippen LogP contribution < -0.4 is 10.9 Å². The molecule has 1 unspecified atom stereocenters. The van der Waals surface area contributed by atoms with Crippen molar-refractivity contribution >= 4 is 0 Å². The molecule has 1 saturated heterocycles. The van der Waals surface area contributed by atoms with Crippen molar-refractivity contribution in [3.05, 3.63) is 22.1 Å². The lowest BCUT2D eigenvalue weighted by Crippen LogP contribution is -2.34. The first-order valence-corrected chi connectivity index (χ1v) is 6.14. The molecule has 2 rings (SSSR count). The van der Waals surface area contributed by atoms with E-state index < -0.39 is 0 Å². The summed E-state index contributed by atoms with van der Waals surface area (Å²) in [5.41, 5.74) is 1.23. The van der Waals surface area contributed by atoms with Gasteiger partial charge in [0.05, 0.1) is 0 Å². The van der Waals surface area contributed by atoms with Crippen LogP contribution >= 0.6 is 0 Å². The Labute approximate surface area is 96.2 Å². The van der Waals surface area contributed by atoms with Crippen molar-refractivity contribution in [2.75, 3.05) is 6.54 Å². The Morgan fingerprint density at radius 1 is 1.38 bits per heavy atom. The normalized spacial score (nSPS) is 21.2. The fraction of sp³-hybridized carbons (Fsp3) is 0.750. The highest BCUT2D eigenvalue weighted by Crippen LogP contribution is 2.12. The van der Waals surface area contributed by atoms with E-state index in [-0.39, 0.29) is 5.56 Å². The molecule has 1 aliphatic rings. The summed E-state index contributed by atoms with van der Waals surface area (Å²) in [5, 5.41) is 3.54. The predicted molar refractivity (Wildman–Crippen MR) is 64.6 cm³/mol. The first-order valence-electron chi connectivity index (χ1n) is 6.14. The van der Waals surface area contributed by atoms with Gasteiger partial charge in [-0.15, -0.1) is 0 Å². The Kier molecular flexibility index (Phi) is 3.49. The van der Waals surface area contributed by atoms with Gasteiger partial charge in [0.25, 0.3) is 5.56 Å². The number of nitrogens with one attached hydrogen (secondary N) is 1. The van der Waals surface area contributed by atoms with Gasteiger partial charge in [0.15, 0.2) is 0 Å². The maximum absolute atomic E-state index is 11.4. The molecule has 4 nitrogen and oxygen atoms in total. The average Bonchev–Trinajstić information content (AvgIpc) is 2.56. The van der Waals surface area contributed by atoms with Crippen LogP contribution in [0.25, 0.3) is 0 Å². The van der Waals surface area contributed by atoms with Crippen molar-refractivity contribution < 1.29 is 0 Å². The lowest BCUT2D eigenvalue weighted by atomic mass is 10.00. The molecule has 2 heterocycles. The maximum Gasteiger partial charge on any atom is 0.266 e. The van der Waals surface area contributed by atoms with Crippen LogP contribution in [0, 0.1) is 0 Å². The summed E-state index contributed by atoms with van der Waals surface area (Å²) in [6.45, 7) is 1.15. The SMILES string of the molecule is Cn1c(CCC2CCCCN2)cc(=O)n1C. The molecule has 1 N–H and O–H groups in total. The molecule has 1 atom stereocenters. The third-order valence-corrected chi connectivity index (χ3v) is 3.64. The topological polar surface area (TPSA) is 39.0 Å². The van der Waals surface area contributed by atoms with E-state index in [4.69, 9.17) is 0 Å². The zero-order valence-electron chi connectivity index (χ0n) is 10.2. The largest absolute Gasteiger partial charge is 0.314 e. The fourth-order valence-corrected chi connectivity index (χ4v) is 2.40. The van der Waals surface area contributed by atoms with Gasteiger partial charge in [-0.05, 0) is 32.2 Å². The Morgan fingerprint density at radius 2 is 2.19 bits per heavy atom. The molecule has 0 aromatic carbocycles. The first-order chi connectivity index (χ1) is 7.68. The van der Waals surface area contributed by atoms with E-state index >= 15 is 0 Å². The number of piperidine rings is 1. The van der Waals surface area contributed by atoms with Crippen LogP contribution in [0.15, 0.2) is 10.9 Å². The van der Waals surface area contributed by atoms with Gasteiger partial charge in [0.1, 0.15) is 0 Å². The lowest BCUT2D eigenvalue weighted by Gasteiger charge is -2.23. The summed E-state index contributed by atoms with van der Waals surface area (Å²) in [5.74, 6) is 0. The number of hydrogen-bond acceptors (Lipinski definition) is 2. The van der Waals surface area contributed by atoms with Gasteiger partial charge >= 0.3 is 0 Å². The second-order valence-corrected chi connectivity index (χ2v) is 4.71. The molecule has 1 aromatic heterocycles. The van der Waals surface area contributed by atoms with Crippen molar-refractivity contribution in [3.8, 4) is 0 Å². The molecule has 1 aliphatic heterocycles. The summed E-state index contributed by atoms with van der Waals surface area (Å²) in [6.07, 6.45) is 6.05. The summed E-state index contributed by atoms with van der Waals surface area (Å²) in [6, 6.07) is 2.40. The average molecular weight is 223 g/mol. The monoisotopic (exact) mass is 223 g/mol. The lowest BCUT2D eigenvalue weighted by molar-refractivity contribution is 0.379. The van der Waals surface area contributed by atoms with Crippen LogP contribution in [0.1, 0.15) is 31.4 Å². The van der Waals surface area contributed by atoms with E-state index in [1.165, 1.54) is 19.3 Å². The molecule has 0 radical (unpaired) electrons. The van der Waals surface area contributed by atoms with E-state index in [9.17, 15) is 4.79 Å². The van der Waals surface area contributed by atoms with Crippen LogP contribution in [-0.4, -0.2) is 22.0 Å². The number of aryl methyl sites for hydroxylation is 1. The van der Waals surface area contributed by atoms with E-state index in [1.807, 2.05) is 18.8 Å². The van der Waals surface area contributed by atoms with Crippen LogP contribution in [0.5, 0.6) is 0 Å². The number of hydrogen-bond donors (Lipinski definition) is 1. The van der Waals surface area contributed by atoms with Crippen molar-refractivity contribution in [1.29, 1.82) is 0 Å². The number of nitrogens with zero attached hydrogens (tertiary/aromatic N) is 2. The second kappa shape index (κ2) is 4.87. The maximum atomic E-state index is 11.4. The zero-order valence-corrected chi connectivity index (χ0v) is 10.2. The highest BCUT2D eigenvalue weighted by atomic mass is 16.1. The highest BCUT2D eigenvalue weighted by Gasteiger charge is 2.13. The van der Waals surface area contributed by atoms with E-state index in [2.05, 4.69) is 5.32 Å². The quantitative estimate of drug-likeness (QED) is 0.823. The fourth-order valence-electron chi connectivity index (χ4n) is 2.40. The molecule has 0 amide bonds. The highest BCUT2D eigenvalue weighted by molar-refractivity contribution is 5.02. The molecule has 1 fully saturated rings. The molecule has 16 heavy (non-hydrogen) atoms. The second-order valence-electron chi connectivity index (χ2n) is 4.71. The Balaban J connectivity index is 1.93. The van der Waals surface area contributed by atoms with Gasteiger partial charge in [-0.2, -0.15) is 0 Å². The van der Waals surface area contributed by atoms with Crippen LogP contribution in [0.3, 0.4) is 0 Å². The molecule has 4 heteroatoms. The van der Waals surface area contributed by atoms with Gasteiger partial charge in [-0.25, -0.2) is 0 Å². The molecule has 0 aliphatic carbocycles. The molecule has 0 saturated carbocycles. The zero-order chi connectivity index (χ0) is 11.5. The van der Waals surface area contributed by atoms with Gasteiger partial charge in [-0.1, -0.05) is 6.42 Å². The summed E-state index contributed by atoms with van der Waals surface area (Å²) in [4.78, 5) is 11.4. The molecule has 90 valence electrons. The standard InChI is InChI=1S/C12H21N3O/c1-14-11(9-12(16)15(14)2)7-6-10-5-3-4-8-13-10/h9-10,13H,3-8H2,1-2H3. The third kappa shape index (κ3) is 2.38. The van der Waals surface area contributed by atoms with Crippen molar-refractivity contribution in [1.82, 2.24) is 14.7 Å². The van der Waals surface area contributed by atoms with E-state index in [1.54, 1.807) is 10.7 Å². The molecule has 0 spiro atoms. The minimum absolute atomic E-state index is 0.0918. The van der Waals surface area contributed by atoms with Gasteiger partial charge < -0.3 is 5.32 Å². The van der Waals surface area contributed by atoms with Crippen molar-refractivity contribution in [2.24, 2.45) is 14.1 Å². The van der Waals surface area contributed by atoms with Crippen LogP contribution in [0.2, 0.25) is 0 Å².